The van der Waals surface area contributed by atoms with Crippen LogP contribution in [0.15, 0.2) is 121 Å². The van der Waals surface area contributed by atoms with E-state index in [4.69, 9.17) is 0 Å². The molecule has 3 heteroatoms. The van der Waals surface area contributed by atoms with Gasteiger partial charge in [0, 0.05) is 0 Å². The van der Waals surface area contributed by atoms with Crippen LogP contribution in [0.2, 0.25) is 0 Å². The summed E-state index contributed by atoms with van der Waals surface area (Å²) in [5, 5.41) is 5.75. The SMILES string of the molecule is c1ccc([SiH](N[SiH](c2ccccc2)c2ccccc2)c2ccccc2)cc1. The quantitative estimate of drug-likeness (QED) is 0.501. The summed E-state index contributed by atoms with van der Waals surface area (Å²) in [7, 11) is -3.07. The highest BCUT2D eigenvalue weighted by Gasteiger charge is 2.24. The zero-order valence-corrected chi connectivity index (χ0v) is 17.5. The van der Waals surface area contributed by atoms with Crippen molar-refractivity contribution < 1.29 is 0 Å². The summed E-state index contributed by atoms with van der Waals surface area (Å²) in [5.74, 6) is 0. The van der Waals surface area contributed by atoms with E-state index in [2.05, 4.69) is 126 Å². The molecule has 132 valence electrons. The van der Waals surface area contributed by atoms with Crippen molar-refractivity contribution in [2.45, 2.75) is 0 Å². The monoisotopic (exact) mass is 381 g/mol. The topological polar surface area (TPSA) is 12.0 Å². The molecule has 0 spiro atoms. The minimum atomic E-state index is -1.54. The molecule has 4 aromatic rings. The van der Waals surface area contributed by atoms with Crippen LogP contribution in [0, 0.1) is 0 Å². The Morgan fingerprint density at radius 2 is 0.556 bits per heavy atom. The maximum Gasteiger partial charge on any atom is 0.167 e. The Bertz CT molecular complexity index is 785. The average molecular weight is 382 g/mol. The van der Waals surface area contributed by atoms with Gasteiger partial charge in [0.1, 0.15) is 0 Å². The van der Waals surface area contributed by atoms with Crippen LogP contribution in [-0.2, 0) is 0 Å². The van der Waals surface area contributed by atoms with Crippen LogP contribution < -0.4 is 25.4 Å². The lowest BCUT2D eigenvalue weighted by atomic mass is 10.4. The van der Waals surface area contributed by atoms with E-state index in [0.29, 0.717) is 0 Å². The van der Waals surface area contributed by atoms with Crippen LogP contribution in [0.4, 0.5) is 0 Å². The van der Waals surface area contributed by atoms with Crippen LogP contribution >= 0.6 is 0 Å². The molecule has 4 aromatic carbocycles. The molecule has 0 saturated heterocycles. The van der Waals surface area contributed by atoms with E-state index in [-0.39, 0.29) is 0 Å². The molecule has 0 bridgehead atoms. The van der Waals surface area contributed by atoms with Gasteiger partial charge in [-0.15, -0.1) is 0 Å². The van der Waals surface area contributed by atoms with Gasteiger partial charge in [0.05, 0.1) is 0 Å². The first-order chi connectivity index (χ1) is 13.4. The van der Waals surface area contributed by atoms with Crippen LogP contribution in [-0.4, -0.2) is 17.9 Å². The Morgan fingerprint density at radius 3 is 0.778 bits per heavy atom. The number of rotatable bonds is 6. The van der Waals surface area contributed by atoms with Gasteiger partial charge in [0.2, 0.25) is 0 Å². The lowest BCUT2D eigenvalue weighted by Crippen LogP contribution is -2.66. The van der Waals surface area contributed by atoms with E-state index in [0.717, 1.165) is 0 Å². The Morgan fingerprint density at radius 1 is 0.333 bits per heavy atom. The van der Waals surface area contributed by atoms with E-state index in [9.17, 15) is 0 Å². The predicted molar refractivity (Wildman–Crippen MR) is 122 cm³/mol. The van der Waals surface area contributed by atoms with E-state index in [1.165, 1.54) is 20.7 Å². The average Bonchev–Trinajstić information content (AvgIpc) is 2.77. The van der Waals surface area contributed by atoms with E-state index >= 15 is 0 Å². The molecule has 0 unspecified atom stereocenters. The van der Waals surface area contributed by atoms with Crippen LogP contribution in [0.5, 0.6) is 0 Å². The van der Waals surface area contributed by atoms with Gasteiger partial charge < -0.3 is 4.65 Å². The van der Waals surface area contributed by atoms with Crippen molar-refractivity contribution in [3.8, 4) is 0 Å². The summed E-state index contributed by atoms with van der Waals surface area (Å²) in [4.78, 5) is 0. The highest BCUT2D eigenvalue weighted by atomic mass is 28.3. The summed E-state index contributed by atoms with van der Waals surface area (Å²) in [5.41, 5.74) is 0. The van der Waals surface area contributed by atoms with Crippen molar-refractivity contribution in [2.75, 3.05) is 0 Å². The number of hydrogen-bond donors (Lipinski definition) is 1. The first-order valence-electron chi connectivity index (χ1n) is 9.37. The third-order valence-electron chi connectivity index (χ3n) is 4.86. The number of hydrogen-bond acceptors (Lipinski definition) is 1. The Hall–Kier alpha value is -2.73. The lowest BCUT2D eigenvalue weighted by molar-refractivity contribution is 1.49. The van der Waals surface area contributed by atoms with E-state index < -0.39 is 17.9 Å². The molecule has 0 aliphatic carbocycles. The molecule has 0 heterocycles. The van der Waals surface area contributed by atoms with Crippen molar-refractivity contribution >= 4 is 38.7 Å². The van der Waals surface area contributed by atoms with Crippen molar-refractivity contribution in [2.24, 2.45) is 0 Å². The fraction of sp³-hybridized carbons (Fsp3) is 0. The second-order valence-electron chi connectivity index (χ2n) is 6.68. The normalized spacial score (nSPS) is 11.0. The second kappa shape index (κ2) is 8.78. The summed E-state index contributed by atoms with van der Waals surface area (Å²) < 4.78 is 4.20. The zero-order chi connectivity index (χ0) is 18.3. The molecule has 1 nitrogen and oxygen atoms in total. The molecule has 4 rings (SSSR count). The van der Waals surface area contributed by atoms with Crippen molar-refractivity contribution in [1.29, 1.82) is 0 Å². The van der Waals surface area contributed by atoms with Gasteiger partial charge in [-0.2, -0.15) is 0 Å². The minimum absolute atomic E-state index is 1.44. The fourth-order valence-corrected chi connectivity index (χ4v) is 11.1. The highest BCUT2D eigenvalue weighted by Crippen LogP contribution is 1.95. The van der Waals surface area contributed by atoms with Gasteiger partial charge in [-0.1, -0.05) is 121 Å². The predicted octanol–water partition coefficient (Wildman–Crippen LogP) is 1.65. The van der Waals surface area contributed by atoms with Crippen molar-refractivity contribution in [3.63, 3.8) is 0 Å². The van der Waals surface area contributed by atoms with Gasteiger partial charge in [0.15, 0.2) is 17.9 Å². The van der Waals surface area contributed by atoms with Gasteiger partial charge in [-0.05, 0) is 20.7 Å². The minimum Gasteiger partial charge on any atom is -0.350 e. The molecule has 0 radical (unpaired) electrons. The molecule has 27 heavy (non-hydrogen) atoms. The molecule has 0 fully saturated rings. The number of nitrogens with one attached hydrogen (secondary N) is 1. The molecule has 0 aliphatic rings. The largest absolute Gasteiger partial charge is 0.350 e. The summed E-state index contributed by atoms with van der Waals surface area (Å²) >= 11 is 0. The Labute approximate surface area is 164 Å². The molecular formula is C24H23NSi2. The maximum atomic E-state index is 4.20. The summed E-state index contributed by atoms with van der Waals surface area (Å²) in [6, 6.07) is 43.8. The van der Waals surface area contributed by atoms with Gasteiger partial charge in [0.25, 0.3) is 0 Å². The molecule has 1 N–H and O–H groups in total. The third-order valence-corrected chi connectivity index (χ3v) is 11.7. The zero-order valence-electron chi connectivity index (χ0n) is 15.2. The molecule has 0 saturated carbocycles. The smallest absolute Gasteiger partial charge is 0.167 e. The van der Waals surface area contributed by atoms with Crippen LogP contribution in [0.1, 0.15) is 0 Å². The van der Waals surface area contributed by atoms with Crippen LogP contribution in [0.3, 0.4) is 0 Å². The third kappa shape index (κ3) is 4.34. The van der Waals surface area contributed by atoms with Crippen molar-refractivity contribution in [3.05, 3.63) is 121 Å². The maximum absolute atomic E-state index is 4.20. The molecule has 0 amide bonds. The molecule has 0 atom stereocenters. The molecular weight excluding hydrogens is 358 g/mol. The molecule has 0 aromatic heterocycles. The summed E-state index contributed by atoms with van der Waals surface area (Å²) in [6.45, 7) is 0. The highest BCUT2D eigenvalue weighted by molar-refractivity contribution is 6.97. The van der Waals surface area contributed by atoms with Gasteiger partial charge in [-0.3, -0.25) is 0 Å². The number of benzene rings is 4. The standard InChI is InChI=1S/C24H23NSi2/c1-5-13-21(14-6-1)26(22-15-7-2-8-16-22)25-27(23-17-9-3-10-18-23)24-19-11-4-12-20-24/h1-20,25-27H. The summed E-state index contributed by atoms with van der Waals surface area (Å²) in [6.07, 6.45) is 0. The first kappa shape index (κ1) is 17.7. The lowest BCUT2D eigenvalue weighted by Gasteiger charge is -2.25. The Balaban J connectivity index is 1.77. The van der Waals surface area contributed by atoms with E-state index in [1.54, 1.807) is 0 Å². The van der Waals surface area contributed by atoms with Crippen LogP contribution in [0.25, 0.3) is 0 Å². The van der Waals surface area contributed by atoms with Crippen molar-refractivity contribution in [1.82, 2.24) is 4.65 Å². The van der Waals surface area contributed by atoms with E-state index in [1.807, 2.05) is 0 Å². The Kier molecular flexibility index (Phi) is 5.74. The molecule has 0 aliphatic heterocycles. The fourth-order valence-electron chi connectivity index (χ4n) is 3.52. The van der Waals surface area contributed by atoms with Gasteiger partial charge in [-0.25, -0.2) is 0 Å². The van der Waals surface area contributed by atoms with Gasteiger partial charge >= 0.3 is 0 Å². The second-order valence-corrected chi connectivity index (χ2v) is 12.4. The first-order valence-corrected chi connectivity index (χ1v) is 12.8.